The second kappa shape index (κ2) is 8.27. The van der Waals surface area contributed by atoms with E-state index in [0.717, 1.165) is 30.5 Å². The Kier molecular flexibility index (Phi) is 6.09. The Morgan fingerprint density at radius 1 is 1.26 bits per heavy atom. The van der Waals surface area contributed by atoms with E-state index in [1.54, 1.807) is 12.3 Å². The Labute approximate surface area is 137 Å². The Morgan fingerprint density at radius 2 is 2.04 bits per heavy atom. The first-order chi connectivity index (χ1) is 11.1. The molecule has 5 heteroatoms. The van der Waals surface area contributed by atoms with Crippen LogP contribution in [0.25, 0.3) is 0 Å². The number of carbonyl (C=O) groups excluding carboxylic acids is 1. The number of rotatable bonds is 7. The molecule has 0 saturated carbocycles. The van der Waals surface area contributed by atoms with Gasteiger partial charge in [0.15, 0.2) is 0 Å². The molecular weight excluding hydrogens is 288 g/mol. The van der Waals surface area contributed by atoms with Crippen LogP contribution in [0.2, 0.25) is 0 Å². The number of nitrogens with one attached hydrogen (secondary N) is 1. The Bertz CT molecular complexity index is 657. The van der Waals surface area contributed by atoms with Crippen LogP contribution in [-0.2, 0) is 6.54 Å². The number of carbonyl (C=O) groups is 1. The van der Waals surface area contributed by atoms with Crippen molar-refractivity contribution in [2.75, 3.05) is 18.5 Å². The standard InChI is InChI=1S/C18H24N4O/c1-4-5-12-22(3)18-19-11-10-16(21-18)17(23)20-13-15-9-7-6-8-14(15)2/h6-11H,4-5,12-13H2,1-3H3,(H,20,23). The van der Waals surface area contributed by atoms with Crippen LogP contribution in [-0.4, -0.2) is 29.5 Å². The van der Waals surface area contributed by atoms with Crippen LogP contribution in [0.5, 0.6) is 0 Å². The molecule has 122 valence electrons. The third-order valence-corrected chi connectivity index (χ3v) is 3.76. The Balaban J connectivity index is 2.01. The van der Waals surface area contributed by atoms with E-state index in [-0.39, 0.29) is 5.91 Å². The number of benzene rings is 1. The van der Waals surface area contributed by atoms with Gasteiger partial charge in [-0.15, -0.1) is 0 Å². The van der Waals surface area contributed by atoms with E-state index in [1.165, 1.54) is 0 Å². The summed E-state index contributed by atoms with van der Waals surface area (Å²) in [4.78, 5) is 22.9. The summed E-state index contributed by atoms with van der Waals surface area (Å²) >= 11 is 0. The third-order valence-electron chi connectivity index (χ3n) is 3.76. The number of amides is 1. The van der Waals surface area contributed by atoms with E-state index in [1.807, 2.05) is 43.1 Å². The smallest absolute Gasteiger partial charge is 0.270 e. The normalized spacial score (nSPS) is 10.4. The van der Waals surface area contributed by atoms with Gasteiger partial charge in [0.05, 0.1) is 0 Å². The zero-order valence-electron chi connectivity index (χ0n) is 14.0. The van der Waals surface area contributed by atoms with Gasteiger partial charge in [0.25, 0.3) is 5.91 Å². The minimum Gasteiger partial charge on any atom is -0.347 e. The van der Waals surface area contributed by atoms with Crippen molar-refractivity contribution in [3.05, 3.63) is 53.3 Å². The predicted octanol–water partition coefficient (Wildman–Crippen LogP) is 2.95. The van der Waals surface area contributed by atoms with Crippen molar-refractivity contribution in [2.45, 2.75) is 33.2 Å². The molecule has 0 aliphatic carbocycles. The van der Waals surface area contributed by atoms with Crippen molar-refractivity contribution in [3.63, 3.8) is 0 Å². The number of nitrogens with zero attached hydrogens (tertiary/aromatic N) is 3. The topological polar surface area (TPSA) is 58.1 Å². The molecule has 0 saturated heterocycles. The first kappa shape index (κ1) is 16.9. The molecule has 0 aliphatic heterocycles. The third kappa shape index (κ3) is 4.77. The molecule has 0 atom stereocenters. The van der Waals surface area contributed by atoms with E-state index in [4.69, 9.17) is 0 Å². The fraction of sp³-hybridized carbons (Fsp3) is 0.389. The quantitative estimate of drug-likeness (QED) is 0.854. The van der Waals surface area contributed by atoms with Gasteiger partial charge in [-0.2, -0.15) is 0 Å². The molecule has 23 heavy (non-hydrogen) atoms. The monoisotopic (exact) mass is 312 g/mol. The highest BCUT2D eigenvalue weighted by atomic mass is 16.1. The van der Waals surface area contributed by atoms with Crippen LogP contribution >= 0.6 is 0 Å². The van der Waals surface area contributed by atoms with Crippen molar-refractivity contribution in [1.82, 2.24) is 15.3 Å². The molecule has 0 bridgehead atoms. The number of aromatic nitrogens is 2. The molecule has 1 aromatic heterocycles. The van der Waals surface area contributed by atoms with Gasteiger partial charge in [-0.3, -0.25) is 4.79 Å². The van der Waals surface area contributed by atoms with Crippen molar-refractivity contribution < 1.29 is 4.79 Å². The maximum absolute atomic E-state index is 12.3. The van der Waals surface area contributed by atoms with E-state index in [9.17, 15) is 4.79 Å². The zero-order chi connectivity index (χ0) is 16.7. The fourth-order valence-electron chi connectivity index (χ4n) is 2.23. The summed E-state index contributed by atoms with van der Waals surface area (Å²) in [6, 6.07) is 9.65. The zero-order valence-corrected chi connectivity index (χ0v) is 14.0. The van der Waals surface area contributed by atoms with Crippen LogP contribution in [0.15, 0.2) is 36.5 Å². The van der Waals surface area contributed by atoms with E-state index >= 15 is 0 Å². The molecular formula is C18H24N4O. The van der Waals surface area contributed by atoms with E-state index in [2.05, 4.69) is 22.2 Å². The highest BCUT2D eigenvalue weighted by molar-refractivity contribution is 5.92. The van der Waals surface area contributed by atoms with Gasteiger partial charge in [0.2, 0.25) is 5.95 Å². The minimum atomic E-state index is -0.180. The summed E-state index contributed by atoms with van der Waals surface area (Å²) in [6.45, 7) is 5.55. The average Bonchev–Trinajstić information content (AvgIpc) is 2.58. The number of unbranched alkanes of at least 4 members (excludes halogenated alkanes) is 1. The van der Waals surface area contributed by atoms with Crippen molar-refractivity contribution >= 4 is 11.9 Å². The van der Waals surface area contributed by atoms with Gasteiger partial charge in [-0.1, -0.05) is 37.6 Å². The molecule has 0 aliphatic rings. The summed E-state index contributed by atoms with van der Waals surface area (Å²) in [7, 11) is 1.94. The van der Waals surface area contributed by atoms with Crippen LogP contribution in [0.1, 0.15) is 41.4 Å². The maximum Gasteiger partial charge on any atom is 0.270 e. The number of anilines is 1. The summed E-state index contributed by atoms with van der Waals surface area (Å²) in [6.07, 6.45) is 3.82. The molecule has 5 nitrogen and oxygen atoms in total. The molecule has 2 rings (SSSR count). The largest absolute Gasteiger partial charge is 0.347 e. The highest BCUT2D eigenvalue weighted by Crippen LogP contribution is 2.09. The second-order valence-corrected chi connectivity index (χ2v) is 5.63. The molecule has 1 amide bonds. The molecule has 1 heterocycles. The average molecular weight is 312 g/mol. The van der Waals surface area contributed by atoms with Gasteiger partial charge >= 0.3 is 0 Å². The number of aryl methyl sites for hydroxylation is 1. The van der Waals surface area contributed by atoms with Crippen LogP contribution < -0.4 is 10.2 Å². The van der Waals surface area contributed by atoms with Gasteiger partial charge in [0.1, 0.15) is 5.69 Å². The number of hydrogen-bond donors (Lipinski definition) is 1. The Morgan fingerprint density at radius 3 is 2.78 bits per heavy atom. The lowest BCUT2D eigenvalue weighted by molar-refractivity contribution is 0.0946. The summed E-state index contributed by atoms with van der Waals surface area (Å²) in [5.41, 5.74) is 2.66. The summed E-state index contributed by atoms with van der Waals surface area (Å²) in [5, 5.41) is 2.92. The maximum atomic E-state index is 12.3. The second-order valence-electron chi connectivity index (χ2n) is 5.63. The highest BCUT2D eigenvalue weighted by Gasteiger charge is 2.11. The number of hydrogen-bond acceptors (Lipinski definition) is 4. The van der Waals surface area contributed by atoms with Crippen LogP contribution in [0, 0.1) is 6.92 Å². The van der Waals surface area contributed by atoms with Gasteiger partial charge < -0.3 is 10.2 Å². The SMILES string of the molecule is CCCCN(C)c1nccc(C(=O)NCc2ccccc2C)n1. The lowest BCUT2D eigenvalue weighted by Gasteiger charge is -2.16. The van der Waals surface area contributed by atoms with E-state index < -0.39 is 0 Å². The molecule has 1 N–H and O–H groups in total. The molecule has 0 fully saturated rings. The molecule has 0 spiro atoms. The molecule has 2 aromatic rings. The Hall–Kier alpha value is -2.43. The van der Waals surface area contributed by atoms with Gasteiger partial charge in [-0.25, -0.2) is 9.97 Å². The van der Waals surface area contributed by atoms with Crippen LogP contribution in [0.3, 0.4) is 0 Å². The first-order valence-electron chi connectivity index (χ1n) is 7.98. The molecule has 0 unspecified atom stereocenters. The summed E-state index contributed by atoms with van der Waals surface area (Å²) in [5.74, 6) is 0.405. The predicted molar refractivity (Wildman–Crippen MR) is 92.6 cm³/mol. The molecule has 0 radical (unpaired) electrons. The summed E-state index contributed by atoms with van der Waals surface area (Å²) < 4.78 is 0. The van der Waals surface area contributed by atoms with E-state index in [0.29, 0.717) is 18.2 Å². The lowest BCUT2D eigenvalue weighted by Crippen LogP contribution is -2.26. The van der Waals surface area contributed by atoms with Gasteiger partial charge in [-0.05, 0) is 30.5 Å². The van der Waals surface area contributed by atoms with Crippen molar-refractivity contribution in [3.8, 4) is 0 Å². The van der Waals surface area contributed by atoms with Crippen LogP contribution in [0.4, 0.5) is 5.95 Å². The first-order valence-corrected chi connectivity index (χ1v) is 7.98. The van der Waals surface area contributed by atoms with Crippen molar-refractivity contribution in [1.29, 1.82) is 0 Å². The molecule has 1 aromatic carbocycles. The lowest BCUT2D eigenvalue weighted by atomic mass is 10.1. The fourth-order valence-corrected chi connectivity index (χ4v) is 2.23. The van der Waals surface area contributed by atoms with Gasteiger partial charge in [0, 0.05) is 26.3 Å². The minimum absolute atomic E-state index is 0.180. The van der Waals surface area contributed by atoms with Crippen molar-refractivity contribution in [2.24, 2.45) is 0 Å².